The molecule has 222 valence electrons. The minimum atomic E-state index is -0.576. The second kappa shape index (κ2) is 13.1. The lowest BCUT2D eigenvalue weighted by Gasteiger charge is -2.10. The van der Waals surface area contributed by atoms with E-state index in [9.17, 15) is 19.2 Å². The second-order valence-corrected chi connectivity index (χ2v) is 11.7. The van der Waals surface area contributed by atoms with Gasteiger partial charge in [-0.15, -0.1) is 22.7 Å². The maximum Gasteiger partial charge on any atom is 0.341 e. The summed E-state index contributed by atoms with van der Waals surface area (Å²) in [6, 6.07) is 21.5. The second-order valence-electron chi connectivity index (χ2n) is 9.91. The van der Waals surface area contributed by atoms with Crippen LogP contribution in [0.2, 0.25) is 0 Å². The van der Waals surface area contributed by atoms with Gasteiger partial charge in [-0.2, -0.15) is 0 Å². The highest BCUT2D eigenvalue weighted by molar-refractivity contribution is 7.15. The van der Waals surface area contributed by atoms with Gasteiger partial charge in [0.15, 0.2) is 0 Å². The summed E-state index contributed by atoms with van der Waals surface area (Å²) in [4.78, 5) is 52.1. The number of amides is 2. The zero-order chi connectivity index (χ0) is 31.4. The van der Waals surface area contributed by atoms with Gasteiger partial charge in [-0.1, -0.05) is 65.7 Å². The number of carbonyl (C=O) groups excluding carboxylic acids is 4. The molecule has 3 aromatic carbocycles. The van der Waals surface area contributed by atoms with Crippen LogP contribution in [0.3, 0.4) is 0 Å². The Morgan fingerprint density at radius 1 is 0.591 bits per heavy atom. The fourth-order valence-electron chi connectivity index (χ4n) is 4.55. The molecule has 2 amide bonds. The van der Waals surface area contributed by atoms with E-state index in [1.54, 1.807) is 29.0 Å². The normalized spacial score (nSPS) is 10.6. The lowest BCUT2D eigenvalue weighted by molar-refractivity contribution is 0.0594. The van der Waals surface area contributed by atoms with Gasteiger partial charge in [0.2, 0.25) is 0 Å². The molecule has 0 spiro atoms. The van der Waals surface area contributed by atoms with Crippen LogP contribution in [0, 0.1) is 13.8 Å². The molecule has 5 aromatic rings. The standard InChI is InChI=1S/C34H28N2O6S2/c1-19-8-12-21(13-9-19)25-17-43-31(27(25)33(39)41-3)35-29(37)23-6-5-7-24(16-23)30(38)36-32-28(34(40)42-4)26(18-44-32)22-14-10-20(2)11-15-22/h5-18H,1-4H3,(H,35,37)(H,36,38). The molecular weight excluding hydrogens is 597 g/mol. The van der Waals surface area contributed by atoms with Crippen molar-refractivity contribution < 1.29 is 28.7 Å². The summed E-state index contributed by atoms with van der Waals surface area (Å²) in [5.74, 6) is -2.16. The molecule has 0 aliphatic carbocycles. The maximum atomic E-state index is 13.3. The molecule has 0 saturated carbocycles. The number of rotatable bonds is 8. The van der Waals surface area contributed by atoms with Crippen LogP contribution in [0.25, 0.3) is 22.3 Å². The van der Waals surface area contributed by atoms with Gasteiger partial charge in [-0.05, 0) is 43.2 Å². The maximum absolute atomic E-state index is 13.3. The van der Waals surface area contributed by atoms with Crippen LogP contribution in [0.1, 0.15) is 52.6 Å². The van der Waals surface area contributed by atoms with Crippen molar-refractivity contribution in [2.75, 3.05) is 24.9 Å². The Kier molecular flexibility index (Phi) is 9.03. The third-order valence-corrected chi connectivity index (χ3v) is 8.72. The SMILES string of the molecule is COC(=O)c1c(-c2ccc(C)cc2)csc1NC(=O)c1cccc(C(=O)Nc2scc(-c3ccc(C)cc3)c2C(=O)OC)c1. The van der Waals surface area contributed by atoms with E-state index in [4.69, 9.17) is 9.47 Å². The molecule has 0 saturated heterocycles. The highest BCUT2D eigenvalue weighted by Crippen LogP contribution is 2.38. The van der Waals surface area contributed by atoms with E-state index >= 15 is 0 Å². The van der Waals surface area contributed by atoms with Crippen molar-refractivity contribution in [1.29, 1.82) is 0 Å². The summed E-state index contributed by atoms with van der Waals surface area (Å²) in [5.41, 5.74) is 6.00. The van der Waals surface area contributed by atoms with Gasteiger partial charge in [0, 0.05) is 33.0 Å². The molecule has 5 rings (SSSR count). The average Bonchev–Trinajstić information content (AvgIpc) is 3.65. The first-order valence-electron chi connectivity index (χ1n) is 13.5. The number of esters is 2. The number of benzene rings is 3. The Hall–Kier alpha value is -5.06. The zero-order valence-corrected chi connectivity index (χ0v) is 26.0. The predicted octanol–water partition coefficient (Wildman–Crippen LogP) is 7.84. The lowest BCUT2D eigenvalue weighted by atomic mass is 10.0. The topological polar surface area (TPSA) is 111 Å². The average molecular weight is 625 g/mol. The number of anilines is 2. The Morgan fingerprint density at radius 3 is 1.34 bits per heavy atom. The summed E-state index contributed by atoms with van der Waals surface area (Å²) in [5, 5.41) is 9.86. The Morgan fingerprint density at radius 2 is 0.977 bits per heavy atom. The number of methoxy groups -OCH3 is 2. The van der Waals surface area contributed by atoms with Gasteiger partial charge in [0.1, 0.15) is 21.1 Å². The molecule has 2 heterocycles. The minimum absolute atomic E-state index is 0.207. The number of hydrogen-bond donors (Lipinski definition) is 2. The molecule has 2 aromatic heterocycles. The Bertz CT molecular complexity index is 1740. The monoisotopic (exact) mass is 624 g/mol. The van der Waals surface area contributed by atoms with Crippen LogP contribution in [-0.4, -0.2) is 38.0 Å². The van der Waals surface area contributed by atoms with Crippen molar-refractivity contribution >= 4 is 56.4 Å². The lowest BCUT2D eigenvalue weighted by Crippen LogP contribution is -2.17. The molecule has 0 unspecified atom stereocenters. The summed E-state index contributed by atoms with van der Waals surface area (Å²) in [7, 11) is 2.57. The molecule has 0 fully saturated rings. The van der Waals surface area contributed by atoms with E-state index in [2.05, 4.69) is 10.6 Å². The smallest absolute Gasteiger partial charge is 0.341 e. The molecule has 0 atom stereocenters. The fraction of sp³-hybridized carbons (Fsp3) is 0.118. The van der Waals surface area contributed by atoms with Gasteiger partial charge in [-0.3, -0.25) is 9.59 Å². The zero-order valence-electron chi connectivity index (χ0n) is 24.3. The molecule has 0 bridgehead atoms. The fourth-order valence-corrected chi connectivity index (χ4v) is 6.46. The van der Waals surface area contributed by atoms with E-state index in [1.807, 2.05) is 62.4 Å². The molecule has 0 aliphatic rings. The van der Waals surface area contributed by atoms with Crippen LogP contribution < -0.4 is 10.6 Å². The van der Waals surface area contributed by atoms with Gasteiger partial charge < -0.3 is 20.1 Å². The van der Waals surface area contributed by atoms with E-state index in [-0.39, 0.29) is 22.3 Å². The summed E-state index contributed by atoms with van der Waals surface area (Å²) in [6.07, 6.45) is 0. The molecule has 2 N–H and O–H groups in total. The van der Waals surface area contributed by atoms with Crippen molar-refractivity contribution in [1.82, 2.24) is 0 Å². The molecule has 10 heteroatoms. The van der Waals surface area contributed by atoms with Crippen LogP contribution in [0.5, 0.6) is 0 Å². The van der Waals surface area contributed by atoms with Gasteiger partial charge in [-0.25, -0.2) is 9.59 Å². The van der Waals surface area contributed by atoms with Gasteiger partial charge >= 0.3 is 11.9 Å². The van der Waals surface area contributed by atoms with E-state index < -0.39 is 23.8 Å². The third kappa shape index (κ3) is 6.31. The van der Waals surface area contributed by atoms with Crippen molar-refractivity contribution in [2.24, 2.45) is 0 Å². The summed E-state index contributed by atoms with van der Waals surface area (Å²) in [6.45, 7) is 3.94. The largest absolute Gasteiger partial charge is 0.465 e. The van der Waals surface area contributed by atoms with E-state index in [0.717, 1.165) is 22.3 Å². The molecule has 8 nitrogen and oxygen atoms in total. The van der Waals surface area contributed by atoms with Crippen molar-refractivity contribution in [3.05, 3.63) is 117 Å². The van der Waals surface area contributed by atoms with Crippen LogP contribution in [0.15, 0.2) is 83.6 Å². The van der Waals surface area contributed by atoms with E-state index in [1.165, 1.54) is 43.0 Å². The molecule has 44 heavy (non-hydrogen) atoms. The van der Waals surface area contributed by atoms with Gasteiger partial charge in [0.05, 0.1) is 14.2 Å². The first-order chi connectivity index (χ1) is 21.2. The predicted molar refractivity (Wildman–Crippen MR) is 174 cm³/mol. The first kappa shape index (κ1) is 30.4. The number of thiophene rings is 2. The van der Waals surface area contributed by atoms with Crippen LogP contribution in [0.4, 0.5) is 10.0 Å². The van der Waals surface area contributed by atoms with Gasteiger partial charge in [0.25, 0.3) is 11.8 Å². The Balaban J connectivity index is 1.39. The highest BCUT2D eigenvalue weighted by atomic mass is 32.1. The van der Waals surface area contributed by atoms with Crippen LogP contribution >= 0.6 is 22.7 Å². The first-order valence-corrected chi connectivity index (χ1v) is 15.2. The summed E-state index contributed by atoms with van der Waals surface area (Å²) < 4.78 is 10.0. The van der Waals surface area contributed by atoms with Crippen molar-refractivity contribution in [3.63, 3.8) is 0 Å². The number of nitrogens with one attached hydrogen (secondary N) is 2. The number of ether oxygens (including phenoxy) is 2. The summed E-state index contributed by atoms with van der Waals surface area (Å²) >= 11 is 2.41. The highest BCUT2D eigenvalue weighted by Gasteiger charge is 2.25. The van der Waals surface area contributed by atoms with Crippen molar-refractivity contribution in [3.8, 4) is 22.3 Å². The number of aryl methyl sites for hydroxylation is 2. The van der Waals surface area contributed by atoms with Crippen molar-refractivity contribution in [2.45, 2.75) is 13.8 Å². The van der Waals surface area contributed by atoms with E-state index in [0.29, 0.717) is 21.1 Å². The molecule has 0 radical (unpaired) electrons. The number of carbonyl (C=O) groups is 4. The quantitative estimate of drug-likeness (QED) is 0.170. The van der Waals surface area contributed by atoms with Crippen LogP contribution in [-0.2, 0) is 9.47 Å². The molecular formula is C34H28N2O6S2. The third-order valence-electron chi connectivity index (χ3n) is 6.93. The minimum Gasteiger partial charge on any atom is -0.465 e. The molecule has 0 aliphatic heterocycles. The number of hydrogen-bond acceptors (Lipinski definition) is 8. The Labute approximate surface area is 262 Å².